The highest BCUT2D eigenvalue weighted by Gasteiger charge is 2.30. The number of amides is 1. The predicted molar refractivity (Wildman–Crippen MR) is 122 cm³/mol. The van der Waals surface area contributed by atoms with Gasteiger partial charge in [-0.2, -0.15) is 13.2 Å². The second-order valence-corrected chi connectivity index (χ2v) is 8.65. The molecule has 9 heteroatoms. The van der Waals surface area contributed by atoms with Crippen molar-refractivity contribution in [2.75, 3.05) is 39.8 Å². The highest BCUT2D eigenvalue weighted by Crippen LogP contribution is 2.29. The van der Waals surface area contributed by atoms with Crippen molar-refractivity contribution >= 4 is 11.6 Å². The largest absolute Gasteiger partial charge is 0.484 e. The molecule has 0 aromatic heterocycles. The number of nitrogens with zero attached hydrogens (tertiary/aromatic N) is 3. The summed E-state index contributed by atoms with van der Waals surface area (Å²) in [6.45, 7) is 3.28. The molecular formula is C25H28F3N3O3. The number of piperazine rings is 1. The number of alkyl halides is 3. The van der Waals surface area contributed by atoms with Gasteiger partial charge in [-0.15, -0.1) is 0 Å². The minimum absolute atomic E-state index is 0.00950. The molecule has 1 aliphatic heterocycles. The van der Waals surface area contributed by atoms with Crippen molar-refractivity contribution in [2.24, 2.45) is 5.16 Å². The summed E-state index contributed by atoms with van der Waals surface area (Å²) >= 11 is 0. The van der Waals surface area contributed by atoms with Gasteiger partial charge < -0.3 is 19.4 Å². The Kier molecular flexibility index (Phi) is 7.41. The molecule has 0 saturated carbocycles. The van der Waals surface area contributed by atoms with Crippen LogP contribution in [0.2, 0.25) is 0 Å². The molecule has 4 rings (SSSR count). The summed E-state index contributed by atoms with van der Waals surface area (Å²) in [5.41, 5.74) is 2.77. The quantitative estimate of drug-likeness (QED) is 0.590. The van der Waals surface area contributed by atoms with Crippen molar-refractivity contribution < 1.29 is 27.5 Å². The van der Waals surface area contributed by atoms with Crippen LogP contribution in [0.25, 0.3) is 0 Å². The van der Waals surface area contributed by atoms with E-state index in [2.05, 4.69) is 10.1 Å². The molecule has 182 valence electrons. The Balaban J connectivity index is 1.33. The van der Waals surface area contributed by atoms with Crippen LogP contribution < -0.4 is 4.74 Å². The Hall–Kier alpha value is -3.07. The molecule has 0 spiro atoms. The monoisotopic (exact) mass is 475 g/mol. The number of benzene rings is 2. The molecule has 34 heavy (non-hydrogen) atoms. The maximum Gasteiger partial charge on any atom is 0.416 e. The van der Waals surface area contributed by atoms with Crippen LogP contribution in [0.5, 0.6) is 5.75 Å². The third-order valence-corrected chi connectivity index (χ3v) is 6.15. The summed E-state index contributed by atoms with van der Waals surface area (Å²) in [5.74, 6) is 0.637. The van der Waals surface area contributed by atoms with E-state index < -0.39 is 11.7 Å². The van der Waals surface area contributed by atoms with E-state index in [1.165, 1.54) is 12.1 Å². The van der Waals surface area contributed by atoms with E-state index in [9.17, 15) is 18.0 Å². The first-order valence-corrected chi connectivity index (χ1v) is 11.4. The van der Waals surface area contributed by atoms with Crippen LogP contribution in [0.4, 0.5) is 13.2 Å². The fourth-order valence-corrected chi connectivity index (χ4v) is 4.09. The molecule has 1 fully saturated rings. The smallest absolute Gasteiger partial charge is 0.416 e. The summed E-state index contributed by atoms with van der Waals surface area (Å²) in [7, 11) is 2.04. The van der Waals surface area contributed by atoms with Gasteiger partial charge >= 0.3 is 6.18 Å². The van der Waals surface area contributed by atoms with Gasteiger partial charge in [0.25, 0.3) is 5.91 Å². The summed E-state index contributed by atoms with van der Waals surface area (Å²) in [4.78, 5) is 21.9. The van der Waals surface area contributed by atoms with Gasteiger partial charge in [0.05, 0.1) is 11.3 Å². The second kappa shape index (κ2) is 10.5. The Bertz CT molecular complexity index is 1030. The maximum atomic E-state index is 12.7. The van der Waals surface area contributed by atoms with E-state index in [0.29, 0.717) is 11.3 Å². The molecule has 2 aliphatic rings. The van der Waals surface area contributed by atoms with Gasteiger partial charge in [0.15, 0.2) is 6.61 Å². The number of carbonyl (C=O) groups is 1. The van der Waals surface area contributed by atoms with Crippen molar-refractivity contribution in [1.29, 1.82) is 0 Å². The Morgan fingerprint density at radius 1 is 1.03 bits per heavy atom. The van der Waals surface area contributed by atoms with Gasteiger partial charge in [0.1, 0.15) is 12.4 Å². The average Bonchev–Trinajstić information content (AvgIpc) is 2.82. The lowest BCUT2D eigenvalue weighted by molar-refractivity contribution is -0.137. The van der Waals surface area contributed by atoms with E-state index >= 15 is 0 Å². The van der Waals surface area contributed by atoms with Gasteiger partial charge in [0.2, 0.25) is 0 Å². The van der Waals surface area contributed by atoms with Crippen LogP contribution >= 0.6 is 0 Å². The molecule has 0 atom stereocenters. The van der Waals surface area contributed by atoms with Crippen molar-refractivity contribution in [2.45, 2.75) is 32.0 Å². The molecule has 1 aliphatic carbocycles. The third kappa shape index (κ3) is 6.08. The lowest BCUT2D eigenvalue weighted by Gasteiger charge is -2.32. The van der Waals surface area contributed by atoms with E-state index in [-0.39, 0.29) is 19.1 Å². The van der Waals surface area contributed by atoms with Crippen LogP contribution in [0.15, 0.2) is 47.6 Å². The average molecular weight is 476 g/mol. The van der Waals surface area contributed by atoms with Gasteiger partial charge in [0, 0.05) is 31.7 Å². The minimum Gasteiger partial charge on any atom is -0.484 e. The summed E-state index contributed by atoms with van der Waals surface area (Å²) in [6, 6.07) is 10.6. The third-order valence-electron chi connectivity index (χ3n) is 6.15. The number of aryl methyl sites for hydroxylation is 1. The number of likely N-dealkylation sites (N-methyl/N-ethyl adjacent to an activating group) is 1. The van der Waals surface area contributed by atoms with E-state index in [4.69, 9.17) is 9.57 Å². The van der Waals surface area contributed by atoms with E-state index in [1.54, 1.807) is 0 Å². The van der Waals surface area contributed by atoms with Gasteiger partial charge in [-0.1, -0.05) is 17.3 Å². The number of halogens is 3. The number of hydrogen-bond donors (Lipinski definition) is 0. The fourth-order valence-electron chi connectivity index (χ4n) is 4.09. The zero-order valence-corrected chi connectivity index (χ0v) is 19.1. The van der Waals surface area contributed by atoms with Gasteiger partial charge in [-0.25, -0.2) is 0 Å². The fraction of sp³-hybridized carbons (Fsp3) is 0.440. The van der Waals surface area contributed by atoms with Gasteiger partial charge in [-0.05, 0) is 67.8 Å². The van der Waals surface area contributed by atoms with Crippen molar-refractivity contribution in [3.63, 3.8) is 0 Å². The van der Waals surface area contributed by atoms with E-state index in [1.807, 2.05) is 30.1 Å². The van der Waals surface area contributed by atoms with Crippen molar-refractivity contribution in [3.8, 4) is 5.75 Å². The number of fused-ring (bicyclic) bond motifs is 1. The normalized spacial score (nSPS) is 18.0. The molecule has 0 radical (unpaired) electrons. The highest BCUT2D eigenvalue weighted by molar-refractivity contribution is 6.02. The molecular weight excluding hydrogens is 447 g/mol. The summed E-state index contributed by atoms with van der Waals surface area (Å²) < 4.78 is 43.8. The molecule has 1 amide bonds. The first-order chi connectivity index (χ1) is 16.3. The van der Waals surface area contributed by atoms with E-state index in [0.717, 1.165) is 74.4 Å². The Labute approximate surface area is 196 Å². The maximum absolute atomic E-state index is 12.7. The summed E-state index contributed by atoms with van der Waals surface area (Å²) in [6.07, 6.45) is -1.83. The highest BCUT2D eigenvalue weighted by atomic mass is 19.4. The predicted octanol–water partition coefficient (Wildman–Crippen LogP) is 4.12. The van der Waals surface area contributed by atoms with Crippen molar-refractivity contribution in [1.82, 2.24) is 9.80 Å². The van der Waals surface area contributed by atoms with Crippen LogP contribution in [0.1, 0.15) is 35.1 Å². The second-order valence-electron chi connectivity index (χ2n) is 8.65. The molecule has 2 aromatic rings. The summed E-state index contributed by atoms with van der Waals surface area (Å²) in [5, 5.41) is 4.25. The Morgan fingerprint density at radius 3 is 2.47 bits per heavy atom. The zero-order chi connectivity index (χ0) is 24.1. The first kappa shape index (κ1) is 24.1. The molecule has 6 nitrogen and oxygen atoms in total. The minimum atomic E-state index is -4.36. The Morgan fingerprint density at radius 2 is 1.76 bits per heavy atom. The molecule has 0 bridgehead atoms. The number of hydrogen-bond acceptors (Lipinski definition) is 5. The lowest BCUT2D eigenvalue weighted by atomic mass is 9.90. The van der Waals surface area contributed by atoms with Crippen LogP contribution in [-0.4, -0.2) is 61.3 Å². The molecule has 0 N–H and O–H groups in total. The van der Waals surface area contributed by atoms with Gasteiger partial charge in [-0.3, -0.25) is 4.79 Å². The molecule has 1 saturated heterocycles. The van der Waals surface area contributed by atoms with Crippen LogP contribution in [-0.2, 0) is 28.8 Å². The molecule has 2 aromatic carbocycles. The SMILES string of the molecule is CN1CCN(C(=O)COc2ccc3c(c2)CCCC3=NOCc2ccc(C(F)(F)F)cc2)CC1. The number of oxime groups is 1. The first-order valence-electron chi connectivity index (χ1n) is 11.4. The lowest BCUT2D eigenvalue weighted by Crippen LogP contribution is -2.48. The van der Waals surface area contributed by atoms with Crippen molar-refractivity contribution in [3.05, 3.63) is 64.7 Å². The number of carbonyl (C=O) groups excluding carboxylic acids is 1. The topological polar surface area (TPSA) is 54.4 Å². The number of rotatable bonds is 6. The molecule has 1 heterocycles. The molecule has 0 unspecified atom stereocenters. The van der Waals surface area contributed by atoms with Crippen LogP contribution in [0.3, 0.4) is 0 Å². The van der Waals surface area contributed by atoms with Crippen LogP contribution in [0, 0.1) is 0 Å². The zero-order valence-electron chi connectivity index (χ0n) is 19.1. The number of ether oxygens (including phenoxy) is 1. The standard InChI is InChI=1S/C25H28F3N3O3/c1-30-11-13-31(14-12-30)24(32)17-33-21-9-10-22-19(15-21)3-2-4-23(22)29-34-16-18-5-7-20(8-6-18)25(26,27)28/h5-10,15H,2-4,11-14,16-17H2,1H3.